The van der Waals surface area contributed by atoms with Crippen molar-refractivity contribution in [3.05, 3.63) is 74.3 Å². The average Bonchev–Trinajstić information content (AvgIpc) is 2.74. The van der Waals surface area contributed by atoms with Gasteiger partial charge >= 0.3 is 6.18 Å². The molecule has 0 spiro atoms. The van der Waals surface area contributed by atoms with E-state index in [1.54, 1.807) is 12.3 Å². The zero-order chi connectivity index (χ0) is 22.2. The summed E-state index contributed by atoms with van der Waals surface area (Å²) in [5.41, 5.74) is 1.47. The smallest absolute Gasteiger partial charge is 0.416 e. The number of rotatable bonds is 4. The van der Waals surface area contributed by atoms with Crippen LogP contribution in [-0.4, -0.2) is 33.5 Å². The van der Waals surface area contributed by atoms with Gasteiger partial charge in [-0.2, -0.15) is 13.2 Å². The minimum atomic E-state index is -4.41. The highest BCUT2D eigenvalue weighted by molar-refractivity contribution is 6.31. The quantitative estimate of drug-likeness (QED) is 0.648. The predicted molar refractivity (Wildman–Crippen MR) is 109 cm³/mol. The topological polar surface area (TPSA) is 71.1 Å². The Balaban J connectivity index is 1.53. The Labute approximate surface area is 180 Å². The summed E-state index contributed by atoms with van der Waals surface area (Å²) >= 11 is 6.13. The number of benzene rings is 1. The number of nitrogens with zero attached hydrogens (tertiary/aromatic N) is 3. The van der Waals surface area contributed by atoms with Crippen LogP contribution in [0.4, 0.5) is 13.2 Å². The molecule has 31 heavy (non-hydrogen) atoms. The van der Waals surface area contributed by atoms with E-state index in [0.717, 1.165) is 17.7 Å². The predicted octanol–water partition coefficient (Wildman–Crippen LogP) is 4.07. The first kappa shape index (κ1) is 21.3. The first-order valence-corrected chi connectivity index (χ1v) is 9.83. The Bertz CT molecular complexity index is 1160. The third-order valence-corrected chi connectivity index (χ3v) is 5.37. The number of H-pyrrole nitrogens is 1. The molecule has 3 aromatic rings. The van der Waals surface area contributed by atoms with Crippen molar-refractivity contribution in [2.45, 2.75) is 25.7 Å². The Morgan fingerprint density at radius 1 is 1.26 bits per heavy atom. The SMILES string of the molecule is COc1ncc(CN2CCc3nc(-c4ccc(C(F)(F)F)cc4)[nH]c(=O)c3C2)cc1Cl. The maximum atomic E-state index is 12.8. The number of pyridine rings is 1. The number of aromatic amines is 1. The fraction of sp³-hybridized carbons (Fsp3) is 0.286. The van der Waals surface area contributed by atoms with Crippen LogP contribution >= 0.6 is 11.6 Å². The Kier molecular flexibility index (Phi) is 5.72. The molecule has 0 atom stereocenters. The normalized spacial score (nSPS) is 14.4. The van der Waals surface area contributed by atoms with E-state index in [-0.39, 0.29) is 11.4 Å². The van der Waals surface area contributed by atoms with Crippen molar-refractivity contribution in [1.29, 1.82) is 0 Å². The summed E-state index contributed by atoms with van der Waals surface area (Å²) in [5, 5.41) is 0.415. The zero-order valence-corrected chi connectivity index (χ0v) is 17.2. The van der Waals surface area contributed by atoms with E-state index in [1.807, 2.05) is 0 Å². The van der Waals surface area contributed by atoms with Crippen LogP contribution in [0.3, 0.4) is 0 Å². The lowest BCUT2D eigenvalue weighted by Crippen LogP contribution is -2.35. The minimum absolute atomic E-state index is 0.261. The van der Waals surface area contributed by atoms with Crippen molar-refractivity contribution in [3.8, 4) is 17.3 Å². The molecule has 1 N–H and O–H groups in total. The van der Waals surface area contributed by atoms with Gasteiger partial charge in [0.25, 0.3) is 5.56 Å². The molecule has 0 bridgehead atoms. The van der Waals surface area contributed by atoms with Crippen LogP contribution in [0.15, 0.2) is 41.3 Å². The van der Waals surface area contributed by atoms with Gasteiger partial charge in [-0.1, -0.05) is 23.7 Å². The van der Waals surface area contributed by atoms with E-state index in [1.165, 1.54) is 19.2 Å². The zero-order valence-electron chi connectivity index (χ0n) is 16.5. The monoisotopic (exact) mass is 450 g/mol. The van der Waals surface area contributed by atoms with Crippen molar-refractivity contribution >= 4 is 11.6 Å². The highest BCUT2D eigenvalue weighted by atomic mass is 35.5. The Morgan fingerprint density at radius 3 is 2.65 bits per heavy atom. The van der Waals surface area contributed by atoms with Gasteiger partial charge in [0.2, 0.25) is 5.88 Å². The van der Waals surface area contributed by atoms with Gasteiger partial charge in [-0.05, 0) is 23.8 Å². The largest absolute Gasteiger partial charge is 0.480 e. The van der Waals surface area contributed by atoms with Gasteiger partial charge in [-0.15, -0.1) is 0 Å². The number of nitrogens with one attached hydrogen (secondary N) is 1. The molecule has 162 valence electrons. The Morgan fingerprint density at radius 2 is 2.00 bits per heavy atom. The third-order valence-electron chi connectivity index (χ3n) is 5.10. The highest BCUT2D eigenvalue weighted by Gasteiger charge is 2.30. The number of aromatic nitrogens is 3. The molecule has 3 heterocycles. The van der Waals surface area contributed by atoms with Gasteiger partial charge < -0.3 is 9.72 Å². The van der Waals surface area contributed by atoms with Crippen LogP contribution in [0.5, 0.6) is 5.88 Å². The van der Waals surface area contributed by atoms with Gasteiger partial charge in [-0.3, -0.25) is 9.69 Å². The lowest BCUT2D eigenvalue weighted by molar-refractivity contribution is -0.137. The van der Waals surface area contributed by atoms with Crippen molar-refractivity contribution < 1.29 is 17.9 Å². The van der Waals surface area contributed by atoms with Gasteiger partial charge in [-0.25, -0.2) is 9.97 Å². The summed E-state index contributed by atoms with van der Waals surface area (Å²) < 4.78 is 43.4. The summed E-state index contributed by atoms with van der Waals surface area (Å²) in [6, 6.07) is 6.35. The molecule has 0 saturated heterocycles. The highest BCUT2D eigenvalue weighted by Crippen LogP contribution is 2.30. The maximum Gasteiger partial charge on any atom is 0.416 e. The summed E-state index contributed by atoms with van der Waals surface area (Å²) in [6.45, 7) is 1.62. The molecule has 0 amide bonds. The molecule has 2 aromatic heterocycles. The number of fused-ring (bicyclic) bond motifs is 1. The molecule has 1 aliphatic heterocycles. The number of hydrogen-bond donors (Lipinski definition) is 1. The molecule has 1 aliphatic rings. The molecule has 0 aliphatic carbocycles. The molecular weight excluding hydrogens is 433 g/mol. The molecule has 0 unspecified atom stereocenters. The summed E-state index contributed by atoms with van der Waals surface area (Å²) in [6.07, 6.45) is -2.19. The van der Waals surface area contributed by atoms with E-state index in [4.69, 9.17) is 16.3 Å². The number of hydrogen-bond acceptors (Lipinski definition) is 5. The molecular formula is C21H18ClF3N4O2. The van der Waals surface area contributed by atoms with E-state index in [0.29, 0.717) is 53.8 Å². The van der Waals surface area contributed by atoms with E-state index >= 15 is 0 Å². The first-order valence-electron chi connectivity index (χ1n) is 9.45. The standard InChI is InChI=1S/C21H18ClF3N4O2/c1-31-20-16(22)8-12(9-26-20)10-29-7-6-17-15(11-29)19(30)28-18(27-17)13-2-4-14(5-3-13)21(23,24)25/h2-5,8-9H,6-7,10-11H2,1H3,(H,27,28,30). The van der Waals surface area contributed by atoms with Crippen LogP contribution in [0.2, 0.25) is 5.02 Å². The van der Waals surface area contributed by atoms with Gasteiger partial charge in [0.15, 0.2) is 0 Å². The van der Waals surface area contributed by atoms with Crippen LogP contribution < -0.4 is 10.3 Å². The summed E-state index contributed by atoms with van der Waals surface area (Å²) in [7, 11) is 1.49. The van der Waals surface area contributed by atoms with Crippen molar-refractivity contribution in [2.75, 3.05) is 13.7 Å². The fourth-order valence-corrected chi connectivity index (χ4v) is 3.80. The van der Waals surface area contributed by atoms with Crippen LogP contribution in [0.25, 0.3) is 11.4 Å². The lowest BCUT2D eigenvalue weighted by atomic mass is 10.1. The second-order valence-electron chi connectivity index (χ2n) is 7.21. The average molecular weight is 451 g/mol. The van der Waals surface area contributed by atoms with Crippen molar-refractivity contribution in [3.63, 3.8) is 0 Å². The number of halogens is 4. The fourth-order valence-electron chi connectivity index (χ4n) is 3.53. The van der Waals surface area contributed by atoms with Crippen LogP contribution in [0.1, 0.15) is 22.4 Å². The molecule has 0 fully saturated rings. The number of methoxy groups -OCH3 is 1. The Hall–Kier alpha value is -2.91. The van der Waals surface area contributed by atoms with Gasteiger partial charge in [0.05, 0.1) is 23.9 Å². The van der Waals surface area contributed by atoms with E-state index in [2.05, 4.69) is 19.9 Å². The van der Waals surface area contributed by atoms with Crippen LogP contribution in [0, 0.1) is 0 Å². The molecule has 0 radical (unpaired) electrons. The number of ether oxygens (including phenoxy) is 1. The molecule has 10 heteroatoms. The molecule has 6 nitrogen and oxygen atoms in total. The number of alkyl halides is 3. The summed E-state index contributed by atoms with van der Waals surface area (Å²) in [4.78, 5) is 26.1. The van der Waals surface area contributed by atoms with Crippen molar-refractivity contribution in [1.82, 2.24) is 19.9 Å². The maximum absolute atomic E-state index is 12.8. The second kappa shape index (κ2) is 8.32. The minimum Gasteiger partial charge on any atom is -0.480 e. The molecule has 0 saturated carbocycles. The lowest BCUT2D eigenvalue weighted by Gasteiger charge is -2.27. The molecule has 4 rings (SSSR count). The molecule has 1 aromatic carbocycles. The van der Waals surface area contributed by atoms with Gasteiger partial charge in [0, 0.05) is 37.8 Å². The van der Waals surface area contributed by atoms with Crippen LogP contribution in [-0.2, 0) is 25.7 Å². The van der Waals surface area contributed by atoms with E-state index in [9.17, 15) is 18.0 Å². The van der Waals surface area contributed by atoms with Gasteiger partial charge in [0.1, 0.15) is 10.8 Å². The summed E-state index contributed by atoms with van der Waals surface area (Å²) in [5.74, 6) is 0.614. The first-order chi connectivity index (χ1) is 14.7. The van der Waals surface area contributed by atoms with Crippen molar-refractivity contribution in [2.24, 2.45) is 0 Å². The third kappa shape index (κ3) is 4.57. The van der Waals surface area contributed by atoms with E-state index < -0.39 is 11.7 Å². The second-order valence-corrected chi connectivity index (χ2v) is 7.62.